The molecule has 0 aliphatic carbocycles. The topological polar surface area (TPSA) is 38.1 Å². The average Bonchev–Trinajstić information content (AvgIpc) is 2.83. The highest BCUT2D eigenvalue weighted by molar-refractivity contribution is 6.30. The summed E-state index contributed by atoms with van der Waals surface area (Å²) in [6, 6.07) is 12.5. The van der Waals surface area contributed by atoms with E-state index in [1.165, 1.54) is 6.07 Å². The van der Waals surface area contributed by atoms with Gasteiger partial charge in [-0.1, -0.05) is 29.8 Å². The highest BCUT2D eigenvalue weighted by Gasteiger charge is 2.05. The Morgan fingerprint density at radius 1 is 1.21 bits per heavy atom. The summed E-state index contributed by atoms with van der Waals surface area (Å²) >= 11 is 5.72. The Hall–Kier alpha value is -2.07. The first kappa shape index (κ1) is 12.0. The van der Waals surface area contributed by atoms with Crippen LogP contribution in [0, 0.1) is 5.82 Å². The molecule has 5 heteroatoms. The molecule has 19 heavy (non-hydrogen) atoms. The van der Waals surface area contributed by atoms with Crippen LogP contribution >= 0.6 is 11.6 Å². The number of nitrogens with one attached hydrogen (secondary N) is 1. The molecule has 1 N–H and O–H groups in total. The molecular formula is C14H10ClFN2O. The van der Waals surface area contributed by atoms with Gasteiger partial charge < -0.3 is 9.73 Å². The van der Waals surface area contributed by atoms with Gasteiger partial charge in [-0.15, -0.1) is 0 Å². The van der Waals surface area contributed by atoms with Crippen LogP contribution in [-0.4, -0.2) is 4.98 Å². The van der Waals surface area contributed by atoms with E-state index >= 15 is 0 Å². The van der Waals surface area contributed by atoms with Crippen molar-refractivity contribution in [1.29, 1.82) is 0 Å². The van der Waals surface area contributed by atoms with Crippen LogP contribution < -0.4 is 5.32 Å². The highest BCUT2D eigenvalue weighted by Crippen LogP contribution is 2.20. The maximum absolute atomic E-state index is 13.0. The van der Waals surface area contributed by atoms with Gasteiger partial charge in [0.2, 0.25) is 0 Å². The summed E-state index contributed by atoms with van der Waals surface area (Å²) in [6.45, 7) is 0.465. The minimum Gasteiger partial charge on any atom is -0.424 e. The number of fused-ring (bicyclic) bond motifs is 1. The zero-order valence-corrected chi connectivity index (χ0v) is 10.6. The predicted molar refractivity (Wildman–Crippen MR) is 72.7 cm³/mol. The fourth-order valence-electron chi connectivity index (χ4n) is 1.78. The number of benzene rings is 2. The van der Waals surface area contributed by atoms with E-state index in [9.17, 15) is 4.39 Å². The Balaban J connectivity index is 1.76. The molecule has 0 spiro atoms. The summed E-state index contributed by atoms with van der Waals surface area (Å²) in [5.41, 5.74) is 2.37. The predicted octanol–water partition coefficient (Wildman–Crippen LogP) is 4.23. The molecule has 96 valence electrons. The molecule has 0 unspecified atom stereocenters. The number of halogens is 2. The van der Waals surface area contributed by atoms with Gasteiger partial charge >= 0.3 is 0 Å². The van der Waals surface area contributed by atoms with Crippen molar-refractivity contribution in [3.8, 4) is 0 Å². The van der Waals surface area contributed by atoms with Crippen LogP contribution in [0.15, 0.2) is 46.9 Å². The SMILES string of the molecule is Fc1ccc(CNc2nc3ccccc3o2)cc1Cl. The Morgan fingerprint density at radius 3 is 2.84 bits per heavy atom. The van der Waals surface area contributed by atoms with Crippen LogP contribution in [0.4, 0.5) is 10.4 Å². The maximum Gasteiger partial charge on any atom is 0.295 e. The lowest BCUT2D eigenvalue weighted by Gasteiger charge is -2.03. The fourth-order valence-corrected chi connectivity index (χ4v) is 1.98. The molecule has 0 saturated carbocycles. The number of hydrogen-bond acceptors (Lipinski definition) is 3. The standard InChI is InChI=1S/C14H10ClFN2O/c15-10-7-9(5-6-11(10)16)8-17-14-18-12-3-1-2-4-13(12)19-14/h1-7H,8H2,(H,17,18). The van der Waals surface area contributed by atoms with E-state index in [0.717, 1.165) is 16.7 Å². The van der Waals surface area contributed by atoms with E-state index < -0.39 is 5.82 Å². The first-order chi connectivity index (χ1) is 9.22. The molecule has 3 nitrogen and oxygen atoms in total. The Labute approximate surface area is 114 Å². The van der Waals surface area contributed by atoms with Crippen molar-refractivity contribution in [2.45, 2.75) is 6.54 Å². The lowest BCUT2D eigenvalue weighted by atomic mass is 10.2. The zero-order valence-electron chi connectivity index (χ0n) is 9.86. The van der Waals surface area contributed by atoms with Crippen molar-refractivity contribution >= 4 is 28.7 Å². The van der Waals surface area contributed by atoms with E-state index in [1.54, 1.807) is 12.1 Å². The second-order valence-corrected chi connectivity index (χ2v) is 4.50. The number of hydrogen-bond donors (Lipinski definition) is 1. The van der Waals surface area contributed by atoms with Crippen molar-refractivity contribution in [2.24, 2.45) is 0 Å². The summed E-state index contributed by atoms with van der Waals surface area (Å²) in [5, 5.41) is 3.15. The van der Waals surface area contributed by atoms with Gasteiger partial charge in [0, 0.05) is 6.54 Å². The van der Waals surface area contributed by atoms with Crippen molar-refractivity contribution in [3.63, 3.8) is 0 Å². The third-order valence-corrected chi connectivity index (χ3v) is 3.01. The van der Waals surface area contributed by atoms with Gasteiger partial charge in [0.1, 0.15) is 11.3 Å². The smallest absolute Gasteiger partial charge is 0.295 e. The van der Waals surface area contributed by atoms with Gasteiger partial charge in [0.05, 0.1) is 5.02 Å². The summed E-state index contributed by atoms with van der Waals surface area (Å²) in [5.74, 6) is -0.424. The van der Waals surface area contributed by atoms with Crippen molar-refractivity contribution in [1.82, 2.24) is 4.98 Å². The normalized spacial score (nSPS) is 10.8. The highest BCUT2D eigenvalue weighted by atomic mass is 35.5. The number of nitrogens with zero attached hydrogens (tertiary/aromatic N) is 1. The van der Waals surface area contributed by atoms with Gasteiger partial charge in [0.25, 0.3) is 6.01 Å². The average molecular weight is 277 g/mol. The molecule has 0 bridgehead atoms. The molecule has 0 aliphatic rings. The van der Waals surface area contributed by atoms with Crippen molar-refractivity contribution < 1.29 is 8.81 Å². The van der Waals surface area contributed by atoms with Crippen molar-refractivity contribution in [2.75, 3.05) is 5.32 Å². The number of rotatable bonds is 3. The molecule has 0 fully saturated rings. The fraction of sp³-hybridized carbons (Fsp3) is 0.0714. The second kappa shape index (κ2) is 4.90. The number of oxazole rings is 1. The first-order valence-corrected chi connectivity index (χ1v) is 6.13. The van der Waals surface area contributed by atoms with Crippen LogP contribution in [-0.2, 0) is 6.54 Å². The zero-order chi connectivity index (χ0) is 13.2. The summed E-state index contributed by atoms with van der Waals surface area (Å²) in [7, 11) is 0. The monoisotopic (exact) mass is 276 g/mol. The molecule has 0 saturated heterocycles. The summed E-state index contributed by atoms with van der Waals surface area (Å²) < 4.78 is 18.5. The molecule has 1 aromatic heterocycles. The van der Waals surface area contributed by atoms with Crippen LogP contribution in [0.5, 0.6) is 0 Å². The molecule has 0 radical (unpaired) electrons. The van der Waals surface area contributed by atoms with Gasteiger partial charge in [0.15, 0.2) is 5.58 Å². The molecule has 0 atom stereocenters. The number of anilines is 1. The molecular weight excluding hydrogens is 267 g/mol. The van der Waals surface area contributed by atoms with Crippen LogP contribution in [0.3, 0.4) is 0 Å². The van der Waals surface area contributed by atoms with E-state index in [-0.39, 0.29) is 5.02 Å². The molecule has 0 amide bonds. The van der Waals surface area contributed by atoms with Crippen LogP contribution in [0.1, 0.15) is 5.56 Å². The van der Waals surface area contributed by atoms with E-state index in [1.807, 2.05) is 24.3 Å². The van der Waals surface area contributed by atoms with E-state index in [2.05, 4.69) is 10.3 Å². The summed E-state index contributed by atoms with van der Waals surface area (Å²) in [6.07, 6.45) is 0. The lowest BCUT2D eigenvalue weighted by molar-refractivity contribution is 0.614. The lowest BCUT2D eigenvalue weighted by Crippen LogP contribution is -1.99. The maximum atomic E-state index is 13.0. The third kappa shape index (κ3) is 2.53. The number of aromatic nitrogens is 1. The minimum absolute atomic E-state index is 0.108. The molecule has 3 aromatic rings. The molecule has 1 heterocycles. The Kier molecular flexibility index (Phi) is 3.09. The van der Waals surface area contributed by atoms with Crippen LogP contribution in [0.25, 0.3) is 11.1 Å². The molecule has 2 aromatic carbocycles. The van der Waals surface area contributed by atoms with Crippen LogP contribution in [0.2, 0.25) is 5.02 Å². The number of para-hydroxylation sites is 2. The van der Waals surface area contributed by atoms with Gasteiger partial charge in [-0.25, -0.2) is 4.39 Å². The van der Waals surface area contributed by atoms with E-state index in [4.69, 9.17) is 16.0 Å². The summed E-state index contributed by atoms with van der Waals surface area (Å²) in [4.78, 5) is 4.28. The second-order valence-electron chi connectivity index (χ2n) is 4.09. The Bertz CT molecular complexity index is 693. The first-order valence-electron chi connectivity index (χ1n) is 5.76. The van der Waals surface area contributed by atoms with Crippen molar-refractivity contribution in [3.05, 3.63) is 58.9 Å². The van der Waals surface area contributed by atoms with E-state index in [0.29, 0.717) is 12.6 Å². The quantitative estimate of drug-likeness (QED) is 0.778. The van der Waals surface area contributed by atoms with Gasteiger partial charge in [-0.2, -0.15) is 4.98 Å². The minimum atomic E-state index is -0.424. The Morgan fingerprint density at radius 2 is 2.05 bits per heavy atom. The third-order valence-electron chi connectivity index (χ3n) is 2.72. The largest absolute Gasteiger partial charge is 0.424 e. The molecule has 0 aliphatic heterocycles. The van der Waals surface area contributed by atoms with Gasteiger partial charge in [-0.3, -0.25) is 0 Å². The molecule has 3 rings (SSSR count). The van der Waals surface area contributed by atoms with Gasteiger partial charge in [-0.05, 0) is 29.8 Å².